The molecule has 0 spiro atoms. The first-order valence-electron chi connectivity index (χ1n) is 50.1. The predicted octanol–water partition coefficient (Wildman–Crippen LogP) is 35.1. The highest BCUT2D eigenvalue weighted by Crippen LogP contribution is 2.47. The van der Waals surface area contributed by atoms with E-state index in [1.807, 2.05) is 218 Å². The van der Waals surface area contributed by atoms with Gasteiger partial charge in [-0.05, 0) is 149 Å². The Hall–Kier alpha value is -20.1. The third kappa shape index (κ3) is 16.1. The molecule has 30 rings (SSSR count). The van der Waals surface area contributed by atoms with Gasteiger partial charge in [0.1, 0.15) is 22.3 Å². The number of nitrogens with zero attached hydrogens (tertiary/aromatic N) is 12. The van der Waals surface area contributed by atoms with Crippen LogP contribution in [-0.2, 0) is 0 Å². The van der Waals surface area contributed by atoms with Crippen LogP contribution >= 0.6 is 11.3 Å². The zero-order chi connectivity index (χ0) is 99.1. The molecule has 0 amide bonds. The van der Waals surface area contributed by atoms with Gasteiger partial charge in [0.25, 0.3) is 0 Å². The Morgan fingerprint density at radius 1 is 0.133 bits per heavy atom. The fourth-order valence-electron chi connectivity index (χ4n) is 21.1. The van der Waals surface area contributed by atoms with E-state index in [1.165, 1.54) is 74.8 Å². The van der Waals surface area contributed by atoms with Crippen molar-refractivity contribution in [2.45, 2.75) is 0 Å². The molecule has 0 aliphatic carbocycles. The normalized spacial score (nSPS) is 11.6. The first-order chi connectivity index (χ1) is 74.3. The lowest BCUT2D eigenvalue weighted by atomic mass is 9.98. The minimum absolute atomic E-state index is 0.610. The first-order valence-corrected chi connectivity index (χ1v) is 50.9. The van der Waals surface area contributed by atoms with Crippen LogP contribution in [0.4, 0.5) is 0 Å². The number of hydrogen-bond donors (Lipinski definition) is 0. The van der Waals surface area contributed by atoms with Gasteiger partial charge in [0.05, 0.1) is 33.1 Å². The predicted molar refractivity (Wildman–Crippen MR) is 615 cm³/mol. The minimum Gasteiger partial charge on any atom is -0.456 e. The van der Waals surface area contributed by atoms with Crippen molar-refractivity contribution in [3.05, 3.63) is 510 Å². The second-order valence-electron chi connectivity index (χ2n) is 37.5. The molecule has 0 unspecified atom stereocenters. The lowest BCUT2D eigenvalue weighted by Crippen LogP contribution is -2.01. The Labute approximate surface area is 864 Å². The molecule has 14 nitrogen and oxygen atoms in total. The third-order valence-corrected chi connectivity index (χ3v) is 29.5. The van der Waals surface area contributed by atoms with Crippen LogP contribution in [-0.4, -0.2) is 58.6 Å². The van der Waals surface area contributed by atoms with Crippen LogP contribution in [0.15, 0.2) is 518 Å². The van der Waals surface area contributed by atoms with Gasteiger partial charge in [-0.3, -0.25) is 0 Å². The summed E-state index contributed by atoms with van der Waals surface area (Å²) in [4.78, 5) is 44.6. The maximum Gasteiger partial charge on any atom is 0.164 e. The van der Waals surface area contributed by atoms with Crippen molar-refractivity contribution in [3.8, 4) is 153 Å². The van der Waals surface area contributed by atoms with E-state index < -0.39 is 0 Å². The highest BCUT2D eigenvalue weighted by atomic mass is 32.1. The van der Waals surface area contributed by atoms with E-state index in [4.69, 9.17) is 53.7 Å². The summed E-state index contributed by atoms with van der Waals surface area (Å²) >= 11 is 1.85. The largest absolute Gasteiger partial charge is 0.456 e. The molecule has 0 aliphatic heterocycles. The summed E-state index contributed by atoms with van der Waals surface area (Å²) in [5.74, 6) is 5.73. The molecule has 0 saturated heterocycles. The molecular weight excluding hydrogens is 1850 g/mol. The van der Waals surface area contributed by atoms with Crippen LogP contribution in [0.1, 0.15) is 0 Å². The van der Waals surface area contributed by atoms with Crippen molar-refractivity contribution in [1.82, 2.24) is 58.6 Å². The number of thiophene rings is 1. The number of rotatable bonds is 15. The van der Waals surface area contributed by atoms with Crippen molar-refractivity contribution >= 4 is 141 Å². The third-order valence-electron chi connectivity index (χ3n) is 28.3. The number of fused-ring (bicyclic) bond motifs is 18. The van der Waals surface area contributed by atoms with Crippen LogP contribution in [0, 0.1) is 0 Å². The number of furan rings is 2. The average molecular weight is 1940 g/mol. The molecule has 0 aliphatic rings. The molecule has 9 aromatic heterocycles. The van der Waals surface area contributed by atoms with Gasteiger partial charge in [-0.15, -0.1) is 11.3 Å². The molecule has 150 heavy (non-hydrogen) atoms. The smallest absolute Gasteiger partial charge is 0.164 e. The molecule has 0 atom stereocenters. The molecule has 0 fully saturated rings. The van der Waals surface area contributed by atoms with Gasteiger partial charge in [-0.1, -0.05) is 382 Å². The van der Waals surface area contributed by atoms with Crippen molar-refractivity contribution in [2.75, 3.05) is 0 Å². The second-order valence-corrected chi connectivity index (χ2v) is 38.5. The monoisotopic (exact) mass is 1940 g/mol. The standard InChI is InChI=1S/C51H32N4O.C45H28N4O.C39H24N4S/c1-4-14-33(15-5-1)36-20-12-21-37(28-36)38-26-27-41-43-31-44-42-24-10-11-25-47(42)56-48(44)32-46(43)55(45(41)30-38)40-23-13-22-39(29-40)51-53-49(34-16-6-2-7-17-34)52-50(54-51)35-18-8-3-9-19-35;1-4-13-29(14-5-1)32-23-24-35-37-27-38-36-21-10-11-22-41(36)50-42(38)28-40(37)49(39(35)26-32)34-20-12-19-33(25-34)45-47-43(30-15-6-2-7-16-30)46-44(48-45)31-17-8-3-9-18-31;1-3-11-25(12-4-1)37-40-38(26-13-5-2-6-14-26)42-39(41-37)27-19-21-28(22-20-27)43-33-17-9-7-15-29(33)31-23-32-30-16-8-10-18-35(30)44-36(32)24-34(31)43/h1-32H;1-28H;1-24H. The maximum absolute atomic E-state index is 6.46. The second kappa shape index (κ2) is 37.2. The molecule has 702 valence electrons. The quantitative estimate of drug-likeness (QED) is 0.0962. The topological polar surface area (TPSA) is 157 Å². The molecule has 0 bridgehead atoms. The number of hydrogen-bond acceptors (Lipinski definition) is 12. The molecule has 0 saturated carbocycles. The Morgan fingerprint density at radius 2 is 0.407 bits per heavy atom. The maximum atomic E-state index is 6.46. The van der Waals surface area contributed by atoms with E-state index >= 15 is 0 Å². The fourth-order valence-corrected chi connectivity index (χ4v) is 22.3. The van der Waals surface area contributed by atoms with Crippen LogP contribution in [0.5, 0.6) is 0 Å². The SMILES string of the molecule is c1ccc(-c2ccc3c4cc5c(cc4n(-c4cccc(-c6nc(-c7ccccc7)nc(-c7ccccc7)n6)c4)c3c2)oc2ccccc25)cc1.c1ccc(-c2cccc(-c3ccc4c5cc6c(cc5n(-c5cccc(-c7nc(-c8ccccc8)nc(-c8ccccc8)n7)c5)c4c3)oc3ccccc36)c2)cc1.c1ccc(-c2nc(-c3ccccc3)nc(-c3ccc(-n4c5ccccc5c5cc6c(cc54)sc4ccccc46)cc3)n2)cc1. The number of benzene rings is 21. The minimum atomic E-state index is 0.610. The molecular formula is C135H84N12O2S. The summed E-state index contributed by atoms with van der Waals surface area (Å²) in [7, 11) is 0. The summed E-state index contributed by atoms with van der Waals surface area (Å²) in [5.41, 5.74) is 28.7. The molecule has 0 N–H and O–H groups in total. The van der Waals surface area contributed by atoms with Gasteiger partial charge in [0, 0.05) is 153 Å². The molecule has 21 aromatic carbocycles. The summed E-state index contributed by atoms with van der Waals surface area (Å²) in [6.07, 6.45) is 0. The van der Waals surface area contributed by atoms with E-state index in [0.717, 1.165) is 155 Å². The Bertz CT molecular complexity index is 10300. The van der Waals surface area contributed by atoms with Gasteiger partial charge in [-0.25, -0.2) is 44.9 Å². The van der Waals surface area contributed by atoms with Crippen molar-refractivity contribution in [3.63, 3.8) is 0 Å². The zero-order valence-electron chi connectivity index (χ0n) is 80.6. The van der Waals surface area contributed by atoms with E-state index in [0.29, 0.717) is 52.4 Å². The summed E-state index contributed by atoms with van der Waals surface area (Å²) in [6.45, 7) is 0. The van der Waals surface area contributed by atoms with Crippen LogP contribution in [0.25, 0.3) is 282 Å². The van der Waals surface area contributed by atoms with E-state index in [1.54, 1.807) is 0 Å². The van der Waals surface area contributed by atoms with E-state index in [-0.39, 0.29) is 0 Å². The Kier molecular flexibility index (Phi) is 21.8. The van der Waals surface area contributed by atoms with Gasteiger partial charge in [-0.2, -0.15) is 0 Å². The Morgan fingerprint density at radius 3 is 0.820 bits per heavy atom. The fraction of sp³-hybridized carbons (Fsp3) is 0. The van der Waals surface area contributed by atoms with E-state index in [2.05, 4.69) is 317 Å². The lowest BCUT2D eigenvalue weighted by molar-refractivity contribution is 0.669. The molecule has 30 aromatic rings. The van der Waals surface area contributed by atoms with Crippen LogP contribution < -0.4 is 0 Å². The first kappa shape index (κ1) is 87.6. The summed E-state index contributed by atoms with van der Waals surface area (Å²) < 4.78 is 22.5. The summed E-state index contributed by atoms with van der Waals surface area (Å²) in [5, 5.41) is 14.3. The molecule has 9 heterocycles. The average Bonchev–Trinajstić information content (AvgIpc) is 1.57. The molecule has 0 radical (unpaired) electrons. The summed E-state index contributed by atoms with van der Waals surface area (Å²) in [6, 6.07) is 177. The number of para-hydroxylation sites is 3. The van der Waals surface area contributed by atoms with Gasteiger partial charge >= 0.3 is 0 Å². The van der Waals surface area contributed by atoms with Gasteiger partial charge < -0.3 is 22.5 Å². The van der Waals surface area contributed by atoms with Crippen molar-refractivity contribution in [1.29, 1.82) is 0 Å². The van der Waals surface area contributed by atoms with Crippen molar-refractivity contribution in [2.24, 2.45) is 0 Å². The van der Waals surface area contributed by atoms with E-state index in [9.17, 15) is 0 Å². The molecule has 15 heteroatoms. The van der Waals surface area contributed by atoms with Gasteiger partial charge in [0.15, 0.2) is 52.4 Å². The zero-order valence-corrected chi connectivity index (χ0v) is 81.4. The Balaban J connectivity index is 0.000000109. The van der Waals surface area contributed by atoms with Crippen LogP contribution in [0.2, 0.25) is 0 Å². The van der Waals surface area contributed by atoms with Crippen molar-refractivity contribution < 1.29 is 8.83 Å². The van der Waals surface area contributed by atoms with Gasteiger partial charge in [0.2, 0.25) is 0 Å². The highest BCUT2D eigenvalue weighted by molar-refractivity contribution is 7.25. The number of aromatic nitrogens is 12. The highest BCUT2D eigenvalue weighted by Gasteiger charge is 2.26. The van der Waals surface area contributed by atoms with Crippen LogP contribution in [0.3, 0.4) is 0 Å². The lowest BCUT2D eigenvalue weighted by Gasteiger charge is -2.12.